The molecule has 2 aromatic rings. The molecule has 114 valence electrons. The zero-order valence-electron chi connectivity index (χ0n) is 12.5. The largest absolute Gasteiger partial charge is 0.393 e. The molecule has 0 radical (unpaired) electrons. The second-order valence-corrected chi connectivity index (χ2v) is 6.28. The van der Waals surface area contributed by atoms with Crippen molar-refractivity contribution in [1.82, 2.24) is 10.3 Å². The number of halogens is 1. The summed E-state index contributed by atoms with van der Waals surface area (Å²) in [5.74, 6) is -0.624. The summed E-state index contributed by atoms with van der Waals surface area (Å²) >= 11 is 0. The zero-order chi connectivity index (χ0) is 15.6. The molecular formula is C16H21FN2O2. The number of aromatic amines is 1. The highest BCUT2D eigenvalue weighted by Gasteiger charge is 2.22. The summed E-state index contributed by atoms with van der Waals surface area (Å²) in [4.78, 5) is 15.0. The number of fused-ring (bicyclic) bond motifs is 1. The molecule has 1 heterocycles. The first kappa shape index (κ1) is 15.5. The number of carbonyl (C=O) groups excluding carboxylic acids is 1. The van der Waals surface area contributed by atoms with Gasteiger partial charge in [-0.3, -0.25) is 4.79 Å². The molecule has 1 amide bonds. The molecule has 0 bridgehead atoms. The molecular weight excluding hydrogens is 271 g/mol. The van der Waals surface area contributed by atoms with Crippen molar-refractivity contribution in [2.75, 3.05) is 6.54 Å². The zero-order valence-corrected chi connectivity index (χ0v) is 12.5. The summed E-state index contributed by atoms with van der Waals surface area (Å²) in [6.45, 7) is 6.12. The number of hydrogen-bond donors (Lipinski definition) is 3. The first-order valence-corrected chi connectivity index (χ1v) is 7.02. The van der Waals surface area contributed by atoms with Crippen LogP contribution in [0.3, 0.4) is 0 Å². The number of aliphatic hydroxyl groups excluding tert-OH is 1. The van der Waals surface area contributed by atoms with Crippen molar-refractivity contribution in [3.05, 3.63) is 35.8 Å². The first-order valence-electron chi connectivity index (χ1n) is 7.02. The predicted octanol–water partition coefficient (Wildman–Crippen LogP) is 2.83. The Balaban J connectivity index is 2.07. The topological polar surface area (TPSA) is 65.1 Å². The van der Waals surface area contributed by atoms with E-state index in [0.29, 0.717) is 29.6 Å². The lowest BCUT2D eigenvalue weighted by Gasteiger charge is -2.26. The van der Waals surface area contributed by atoms with E-state index in [2.05, 4.69) is 10.3 Å². The van der Waals surface area contributed by atoms with Gasteiger partial charge in [0.05, 0.1) is 6.10 Å². The molecule has 0 saturated carbocycles. The first-order chi connectivity index (χ1) is 9.78. The van der Waals surface area contributed by atoms with Crippen molar-refractivity contribution in [3.63, 3.8) is 0 Å². The van der Waals surface area contributed by atoms with Gasteiger partial charge in [0.15, 0.2) is 0 Å². The minimum atomic E-state index is -0.418. The van der Waals surface area contributed by atoms with Crippen LogP contribution in [0.2, 0.25) is 0 Å². The number of carbonyl (C=O) groups is 1. The minimum Gasteiger partial charge on any atom is -0.393 e. The van der Waals surface area contributed by atoms with E-state index in [-0.39, 0.29) is 17.1 Å². The smallest absolute Gasteiger partial charge is 0.267 e. The molecule has 4 nitrogen and oxygen atoms in total. The van der Waals surface area contributed by atoms with Crippen molar-refractivity contribution in [2.24, 2.45) is 5.41 Å². The number of H-pyrrole nitrogens is 1. The predicted molar refractivity (Wildman–Crippen MR) is 80.7 cm³/mol. The molecule has 1 aromatic carbocycles. The maximum Gasteiger partial charge on any atom is 0.267 e. The Morgan fingerprint density at radius 1 is 1.48 bits per heavy atom. The SMILES string of the molecule is CC(O)CC(C)(C)CNC(=O)c1cc2c(F)cccc2[nH]1. The molecule has 1 atom stereocenters. The highest BCUT2D eigenvalue weighted by Crippen LogP contribution is 2.22. The molecule has 0 aliphatic rings. The molecule has 5 heteroatoms. The quantitative estimate of drug-likeness (QED) is 0.793. The maximum atomic E-state index is 13.6. The van der Waals surface area contributed by atoms with Gasteiger partial charge in [-0.05, 0) is 37.0 Å². The number of benzene rings is 1. The van der Waals surface area contributed by atoms with Crippen LogP contribution in [0.15, 0.2) is 24.3 Å². The van der Waals surface area contributed by atoms with E-state index in [4.69, 9.17) is 0 Å². The Labute approximate surface area is 123 Å². The van der Waals surface area contributed by atoms with E-state index in [1.807, 2.05) is 13.8 Å². The van der Waals surface area contributed by atoms with E-state index in [9.17, 15) is 14.3 Å². The summed E-state index contributed by atoms with van der Waals surface area (Å²) < 4.78 is 13.6. The number of aromatic nitrogens is 1. The fourth-order valence-electron chi connectivity index (χ4n) is 2.53. The molecule has 0 aliphatic carbocycles. The van der Waals surface area contributed by atoms with Gasteiger partial charge in [-0.25, -0.2) is 4.39 Å². The average molecular weight is 292 g/mol. The molecule has 0 saturated heterocycles. The Morgan fingerprint density at radius 2 is 2.19 bits per heavy atom. The molecule has 3 N–H and O–H groups in total. The summed E-state index contributed by atoms with van der Waals surface area (Å²) in [5.41, 5.74) is 0.729. The van der Waals surface area contributed by atoms with Gasteiger partial charge in [0.2, 0.25) is 0 Å². The minimum absolute atomic E-state index is 0.207. The van der Waals surface area contributed by atoms with Crippen LogP contribution in [0.25, 0.3) is 10.9 Å². The molecule has 1 aromatic heterocycles. The Morgan fingerprint density at radius 3 is 2.81 bits per heavy atom. The van der Waals surface area contributed by atoms with E-state index in [1.165, 1.54) is 12.1 Å². The van der Waals surface area contributed by atoms with Crippen LogP contribution in [-0.4, -0.2) is 28.6 Å². The standard InChI is InChI=1S/C16H21FN2O2/c1-10(20)8-16(2,3)9-18-15(21)14-7-11-12(17)5-4-6-13(11)19-14/h4-7,10,19-20H,8-9H2,1-3H3,(H,18,21). The van der Waals surface area contributed by atoms with Gasteiger partial charge in [0, 0.05) is 17.4 Å². The van der Waals surface area contributed by atoms with E-state index >= 15 is 0 Å². The number of nitrogens with one attached hydrogen (secondary N) is 2. The average Bonchev–Trinajstić information content (AvgIpc) is 2.80. The van der Waals surface area contributed by atoms with Gasteiger partial charge in [-0.15, -0.1) is 0 Å². The molecule has 2 rings (SSSR count). The fraction of sp³-hybridized carbons (Fsp3) is 0.438. The Bertz CT molecular complexity index is 647. The van der Waals surface area contributed by atoms with Crippen molar-refractivity contribution in [3.8, 4) is 0 Å². The number of rotatable bonds is 5. The van der Waals surface area contributed by atoms with Gasteiger partial charge < -0.3 is 15.4 Å². The van der Waals surface area contributed by atoms with Gasteiger partial charge in [0.1, 0.15) is 11.5 Å². The normalized spacial score (nSPS) is 13.4. The van der Waals surface area contributed by atoms with E-state index < -0.39 is 6.10 Å². The molecule has 0 fully saturated rings. The van der Waals surface area contributed by atoms with Crippen LogP contribution < -0.4 is 5.32 Å². The molecule has 0 aliphatic heterocycles. The molecule has 21 heavy (non-hydrogen) atoms. The Kier molecular flexibility index (Phi) is 4.32. The lowest BCUT2D eigenvalue weighted by Crippen LogP contribution is -2.35. The van der Waals surface area contributed by atoms with Crippen LogP contribution >= 0.6 is 0 Å². The van der Waals surface area contributed by atoms with E-state index in [0.717, 1.165) is 0 Å². The van der Waals surface area contributed by atoms with Gasteiger partial charge in [0.25, 0.3) is 5.91 Å². The number of hydrogen-bond acceptors (Lipinski definition) is 2. The van der Waals surface area contributed by atoms with Crippen LogP contribution in [-0.2, 0) is 0 Å². The van der Waals surface area contributed by atoms with Crippen LogP contribution in [0.5, 0.6) is 0 Å². The van der Waals surface area contributed by atoms with Crippen LogP contribution in [0.1, 0.15) is 37.7 Å². The number of aliphatic hydroxyl groups is 1. The highest BCUT2D eigenvalue weighted by molar-refractivity contribution is 5.98. The molecule has 0 spiro atoms. The van der Waals surface area contributed by atoms with Crippen molar-refractivity contribution in [2.45, 2.75) is 33.3 Å². The highest BCUT2D eigenvalue weighted by atomic mass is 19.1. The van der Waals surface area contributed by atoms with Crippen molar-refractivity contribution < 1.29 is 14.3 Å². The van der Waals surface area contributed by atoms with E-state index in [1.54, 1.807) is 19.1 Å². The summed E-state index contributed by atoms with van der Waals surface area (Å²) in [7, 11) is 0. The Hall–Kier alpha value is -1.88. The van der Waals surface area contributed by atoms with Crippen LogP contribution in [0.4, 0.5) is 4.39 Å². The maximum absolute atomic E-state index is 13.6. The monoisotopic (exact) mass is 292 g/mol. The van der Waals surface area contributed by atoms with Crippen molar-refractivity contribution in [1.29, 1.82) is 0 Å². The molecule has 1 unspecified atom stereocenters. The van der Waals surface area contributed by atoms with Crippen molar-refractivity contribution >= 4 is 16.8 Å². The lowest BCUT2D eigenvalue weighted by molar-refractivity contribution is 0.0898. The third kappa shape index (κ3) is 3.82. The van der Waals surface area contributed by atoms with Gasteiger partial charge in [-0.1, -0.05) is 19.9 Å². The fourth-order valence-corrected chi connectivity index (χ4v) is 2.53. The number of amides is 1. The lowest BCUT2D eigenvalue weighted by atomic mass is 9.87. The second-order valence-electron chi connectivity index (χ2n) is 6.28. The second kappa shape index (κ2) is 5.85. The summed E-state index contributed by atoms with van der Waals surface area (Å²) in [6.07, 6.45) is 0.174. The van der Waals surface area contributed by atoms with Gasteiger partial charge >= 0.3 is 0 Å². The third-order valence-electron chi connectivity index (χ3n) is 3.43. The summed E-state index contributed by atoms with van der Waals surface area (Å²) in [5, 5.41) is 12.7. The van der Waals surface area contributed by atoms with Crippen LogP contribution in [0, 0.1) is 11.2 Å². The third-order valence-corrected chi connectivity index (χ3v) is 3.43. The summed E-state index contributed by atoms with van der Waals surface area (Å²) in [6, 6.07) is 6.21. The van der Waals surface area contributed by atoms with Gasteiger partial charge in [-0.2, -0.15) is 0 Å².